The Labute approximate surface area is 161 Å². The maximum Gasteiger partial charge on any atom is 0.347 e. The highest BCUT2D eigenvalue weighted by Crippen LogP contribution is 2.35. The molecule has 140 valence electrons. The Balaban J connectivity index is 1.68. The number of benzene rings is 3. The van der Waals surface area contributed by atoms with Crippen molar-refractivity contribution in [3.8, 4) is 28.4 Å². The summed E-state index contributed by atoms with van der Waals surface area (Å²) < 4.78 is 16.3. The highest BCUT2D eigenvalue weighted by Gasteiger charge is 2.16. The normalized spacial score (nSPS) is 10.8. The Hall–Kier alpha value is -3.73. The zero-order chi connectivity index (χ0) is 19.5. The van der Waals surface area contributed by atoms with Crippen molar-refractivity contribution in [3.05, 3.63) is 88.8 Å². The average molecular weight is 374 g/mol. The molecular formula is C23H18O5. The van der Waals surface area contributed by atoms with Gasteiger partial charge in [0.2, 0.25) is 0 Å². The molecule has 0 fully saturated rings. The molecule has 3 aromatic carbocycles. The van der Waals surface area contributed by atoms with Gasteiger partial charge in [0, 0.05) is 6.07 Å². The summed E-state index contributed by atoms with van der Waals surface area (Å²) in [4.78, 5) is 12.5. The smallest absolute Gasteiger partial charge is 0.347 e. The molecule has 0 bridgehead atoms. The predicted octanol–water partition coefficient (Wildman–Crippen LogP) is 4.75. The maximum absolute atomic E-state index is 12.5. The molecule has 4 aromatic rings. The third-order valence-electron chi connectivity index (χ3n) is 4.48. The van der Waals surface area contributed by atoms with Crippen molar-refractivity contribution in [1.82, 2.24) is 0 Å². The third kappa shape index (κ3) is 3.42. The van der Waals surface area contributed by atoms with Gasteiger partial charge in [0.05, 0.1) is 12.5 Å². The summed E-state index contributed by atoms with van der Waals surface area (Å²) in [7, 11) is 1.56. The lowest BCUT2D eigenvalue weighted by molar-refractivity contribution is 0.306. The summed E-state index contributed by atoms with van der Waals surface area (Å²) >= 11 is 0. The van der Waals surface area contributed by atoms with Gasteiger partial charge < -0.3 is 19.0 Å². The Kier molecular flexibility index (Phi) is 4.72. The van der Waals surface area contributed by atoms with Crippen molar-refractivity contribution in [1.29, 1.82) is 0 Å². The van der Waals surface area contributed by atoms with Gasteiger partial charge in [-0.15, -0.1) is 0 Å². The lowest BCUT2D eigenvalue weighted by Crippen LogP contribution is -2.04. The van der Waals surface area contributed by atoms with Crippen molar-refractivity contribution in [3.63, 3.8) is 0 Å². The predicted molar refractivity (Wildman–Crippen MR) is 107 cm³/mol. The van der Waals surface area contributed by atoms with Crippen molar-refractivity contribution in [2.75, 3.05) is 7.11 Å². The second kappa shape index (κ2) is 7.48. The largest absolute Gasteiger partial charge is 0.506 e. The van der Waals surface area contributed by atoms with E-state index in [1.807, 2.05) is 30.3 Å². The Morgan fingerprint density at radius 1 is 0.929 bits per heavy atom. The number of hydrogen-bond acceptors (Lipinski definition) is 5. The van der Waals surface area contributed by atoms with Crippen LogP contribution in [0.3, 0.4) is 0 Å². The van der Waals surface area contributed by atoms with E-state index in [1.165, 1.54) is 0 Å². The summed E-state index contributed by atoms with van der Waals surface area (Å²) in [5.74, 6) is 1.09. The standard InChI is InChI=1S/C23H18O5/c1-26-17-9-7-16(8-10-17)21-22(24)19-12-11-18(13-20(19)28-23(21)25)27-14-15-5-3-2-4-6-15/h2-13,24H,14H2,1H3. The van der Waals surface area contributed by atoms with Crippen LogP contribution < -0.4 is 15.1 Å². The van der Waals surface area contributed by atoms with E-state index in [9.17, 15) is 9.90 Å². The van der Waals surface area contributed by atoms with E-state index in [1.54, 1.807) is 49.6 Å². The minimum absolute atomic E-state index is 0.119. The van der Waals surface area contributed by atoms with E-state index < -0.39 is 5.63 Å². The van der Waals surface area contributed by atoms with E-state index in [0.29, 0.717) is 29.1 Å². The fraction of sp³-hybridized carbons (Fsp3) is 0.0870. The minimum atomic E-state index is -0.615. The third-order valence-corrected chi connectivity index (χ3v) is 4.48. The first kappa shape index (κ1) is 17.7. The first-order chi connectivity index (χ1) is 13.7. The molecule has 0 saturated carbocycles. The Morgan fingerprint density at radius 2 is 1.64 bits per heavy atom. The summed E-state index contributed by atoms with van der Waals surface area (Å²) in [6.07, 6.45) is 0. The van der Waals surface area contributed by atoms with E-state index in [-0.39, 0.29) is 16.9 Å². The maximum atomic E-state index is 12.5. The van der Waals surface area contributed by atoms with Gasteiger partial charge in [-0.05, 0) is 35.4 Å². The lowest BCUT2D eigenvalue weighted by Gasteiger charge is -2.10. The van der Waals surface area contributed by atoms with Gasteiger partial charge >= 0.3 is 5.63 Å². The highest BCUT2D eigenvalue weighted by atomic mass is 16.5. The van der Waals surface area contributed by atoms with Crippen LogP contribution in [0.25, 0.3) is 22.1 Å². The molecule has 1 heterocycles. The van der Waals surface area contributed by atoms with E-state index in [0.717, 1.165) is 5.56 Å². The molecule has 5 heteroatoms. The first-order valence-electron chi connectivity index (χ1n) is 8.76. The van der Waals surface area contributed by atoms with Crippen LogP contribution in [0.15, 0.2) is 82.0 Å². The average Bonchev–Trinajstić information content (AvgIpc) is 2.73. The van der Waals surface area contributed by atoms with Crippen LogP contribution in [0.4, 0.5) is 0 Å². The molecule has 1 aromatic heterocycles. The minimum Gasteiger partial charge on any atom is -0.506 e. The highest BCUT2D eigenvalue weighted by molar-refractivity contribution is 5.90. The molecule has 28 heavy (non-hydrogen) atoms. The summed E-state index contributed by atoms with van der Waals surface area (Å²) in [6, 6.07) is 21.6. The molecule has 1 N–H and O–H groups in total. The van der Waals surface area contributed by atoms with Gasteiger partial charge in [-0.1, -0.05) is 42.5 Å². The van der Waals surface area contributed by atoms with Gasteiger partial charge in [-0.2, -0.15) is 0 Å². The fourth-order valence-corrected chi connectivity index (χ4v) is 3.01. The topological polar surface area (TPSA) is 68.9 Å². The van der Waals surface area contributed by atoms with Gasteiger partial charge in [0.25, 0.3) is 0 Å². The van der Waals surface area contributed by atoms with Gasteiger partial charge in [-0.25, -0.2) is 4.79 Å². The number of hydrogen-bond donors (Lipinski definition) is 1. The van der Waals surface area contributed by atoms with Crippen molar-refractivity contribution in [2.45, 2.75) is 6.61 Å². The molecule has 5 nitrogen and oxygen atoms in total. The quantitative estimate of drug-likeness (QED) is 0.511. The molecule has 0 spiro atoms. The van der Waals surface area contributed by atoms with Crippen LogP contribution in [0.1, 0.15) is 5.56 Å². The molecule has 4 rings (SSSR count). The molecule has 0 radical (unpaired) electrons. The van der Waals surface area contributed by atoms with Crippen LogP contribution in [0.2, 0.25) is 0 Å². The second-order valence-electron chi connectivity index (χ2n) is 6.27. The molecule has 0 aliphatic heterocycles. The Bertz CT molecular complexity index is 1160. The van der Waals surface area contributed by atoms with Crippen LogP contribution in [-0.2, 0) is 6.61 Å². The van der Waals surface area contributed by atoms with Gasteiger partial charge in [0.15, 0.2) is 0 Å². The summed E-state index contributed by atoms with van der Waals surface area (Å²) in [5.41, 5.74) is 1.36. The molecule has 0 amide bonds. The van der Waals surface area contributed by atoms with Crippen molar-refractivity contribution < 1.29 is 19.0 Å². The van der Waals surface area contributed by atoms with Crippen molar-refractivity contribution in [2.24, 2.45) is 0 Å². The van der Waals surface area contributed by atoms with E-state index in [4.69, 9.17) is 13.9 Å². The number of methoxy groups -OCH3 is 1. The second-order valence-corrected chi connectivity index (χ2v) is 6.27. The van der Waals surface area contributed by atoms with Gasteiger partial charge in [-0.3, -0.25) is 0 Å². The van der Waals surface area contributed by atoms with Crippen LogP contribution in [0.5, 0.6) is 17.2 Å². The fourth-order valence-electron chi connectivity index (χ4n) is 3.01. The van der Waals surface area contributed by atoms with E-state index >= 15 is 0 Å². The number of ether oxygens (including phenoxy) is 2. The first-order valence-corrected chi connectivity index (χ1v) is 8.76. The van der Waals surface area contributed by atoms with Gasteiger partial charge in [0.1, 0.15) is 35.0 Å². The lowest BCUT2D eigenvalue weighted by atomic mass is 10.0. The summed E-state index contributed by atoms with van der Waals surface area (Å²) in [5, 5.41) is 11.1. The molecule has 0 atom stereocenters. The Morgan fingerprint density at radius 3 is 2.36 bits per heavy atom. The monoisotopic (exact) mass is 374 g/mol. The van der Waals surface area contributed by atoms with Crippen LogP contribution in [0, 0.1) is 0 Å². The zero-order valence-electron chi connectivity index (χ0n) is 15.2. The van der Waals surface area contributed by atoms with E-state index in [2.05, 4.69) is 0 Å². The van der Waals surface area contributed by atoms with Crippen molar-refractivity contribution >= 4 is 11.0 Å². The summed E-state index contributed by atoms with van der Waals surface area (Å²) in [6.45, 7) is 0.395. The number of rotatable bonds is 5. The molecule has 0 aliphatic rings. The SMILES string of the molecule is COc1ccc(-c2c(O)c3ccc(OCc4ccccc4)cc3oc2=O)cc1. The molecular weight excluding hydrogens is 356 g/mol. The molecule has 0 aliphatic carbocycles. The zero-order valence-corrected chi connectivity index (χ0v) is 15.2. The van der Waals surface area contributed by atoms with Crippen LogP contribution >= 0.6 is 0 Å². The number of fused-ring (bicyclic) bond motifs is 1. The molecule has 0 unspecified atom stereocenters. The van der Waals surface area contributed by atoms with Crippen LogP contribution in [-0.4, -0.2) is 12.2 Å². The molecule has 0 saturated heterocycles. The number of aromatic hydroxyl groups is 1.